The molecule has 0 saturated heterocycles. The second-order valence-electron chi connectivity index (χ2n) is 10.6. The van der Waals surface area contributed by atoms with Crippen molar-refractivity contribution >= 4 is 35.2 Å². The molecule has 2 aromatic heterocycles. The van der Waals surface area contributed by atoms with E-state index in [-0.39, 0.29) is 0 Å². The highest BCUT2D eigenvalue weighted by Gasteiger charge is 2.29. The van der Waals surface area contributed by atoms with Crippen LogP contribution in [-0.4, -0.2) is 8.07 Å². The third-order valence-corrected chi connectivity index (χ3v) is 9.45. The molecule has 0 aliphatic carbocycles. The summed E-state index contributed by atoms with van der Waals surface area (Å²) < 4.78 is 9.04. The maximum atomic E-state index is 9.77. The topological polar surface area (TPSA) is 40.8 Å². The number of benzene rings is 3. The SMILES string of the molecule is Cc1ccc2c(oc3c(-c4ccccc4)cc(C#N)cc32)c1-c1cc([Si](C)(C)C)c(C)c(C)[n+]1C. The monoisotopic (exact) mass is 475 g/mol. The molecule has 5 aromatic rings. The third-order valence-electron chi connectivity index (χ3n) is 7.32. The minimum atomic E-state index is -1.56. The van der Waals surface area contributed by atoms with Gasteiger partial charge in [0, 0.05) is 34.9 Å². The van der Waals surface area contributed by atoms with Crippen LogP contribution in [0.15, 0.2) is 65.1 Å². The van der Waals surface area contributed by atoms with E-state index in [1.165, 1.54) is 27.7 Å². The highest BCUT2D eigenvalue weighted by Crippen LogP contribution is 2.41. The number of hydrogen-bond acceptors (Lipinski definition) is 2. The molecule has 174 valence electrons. The summed E-state index contributed by atoms with van der Waals surface area (Å²) in [5.41, 5.74) is 10.5. The Morgan fingerprint density at radius 3 is 2.23 bits per heavy atom. The number of nitrogens with zero attached hydrogens (tertiary/aromatic N) is 2. The number of aryl methyl sites for hydroxylation is 1. The zero-order valence-electron chi connectivity index (χ0n) is 21.6. The molecule has 3 nitrogen and oxygen atoms in total. The standard InChI is InChI=1S/C31H31N2OSi/c1-19-13-14-24-26-16-22(18-32)15-25(23-11-9-8-10-12-23)30(26)34-31(24)29(19)27-17-28(35(5,6)7)20(2)21(3)33(27)4/h8-17H,1-7H3/q+1. The normalized spacial score (nSPS) is 11.8. The number of aromatic nitrogens is 1. The molecule has 0 unspecified atom stereocenters. The first-order valence-corrected chi connectivity index (χ1v) is 15.6. The summed E-state index contributed by atoms with van der Waals surface area (Å²) in [6.45, 7) is 13.8. The molecule has 0 spiro atoms. The second-order valence-corrected chi connectivity index (χ2v) is 15.6. The lowest BCUT2D eigenvalue weighted by Gasteiger charge is -2.21. The second kappa shape index (κ2) is 8.22. The third kappa shape index (κ3) is 3.68. The Kier molecular flexibility index (Phi) is 5.42. The van der Waals surface area contributed by atoms with Gasteiger partial charge in [-0.2, -0.15) is 9.83 Å². The van der Waals surface area contributed by atoms with Crippen molar-refractivity contribution in [3.63, 3.8) is 0 Å². The van der Waals surface area contributed by atoms with Crippen LogP contribution in [-0.2, 0) is 7.05 Å². The van der Waals surface area contributed by atoms with Crippen molar-refractivity contribution in [1.29, 1.82) is 5.26 Å². The van der Waals surface area contributed by atoms with Crippen molar-refractivity contribution in [3.05, 3.63) is 83.0 Å². The van der Waals surface area contributed by atoms with E-state index < -0.39 is 8.07 Å². The summed E-state index contributed by atoms with van der Waals surface area (Å²) in [6.07, 6.45) is 0. The average Bonchev–Trinajstić information content (AvgIpc) is 3.21. The van der Waals surface area contributed by atoms with Crippen LogP contribution in [0.25, 0.3) is 44.3 Å². The molecule has 0 amide bonds. The van der Waals surface area contributed by atoms with Gasteiger partial charge in [0.2, 0.25) is 5.69 Å². The van der Waals surface area contributed by atoms with Gasteiger partial charge in [0.05, 0.1) is 25.3 Å². The van der Waals surface area contributed by atoms with Gasteiger partial charge in [-0.25, -0.2) is 0 Å². The van der Waals surface area contributed by atoms with E-state index in [1.807, 2.05) is 30.3 Å². The first-order chi connectivity index (χ1) is 16.6. The van der Waals surface area contributed by atoms with E-state index >= 15 is 0 Å². The van der Waals surface area contributed by atoms with Crippen LogP contribution in [0.3, 0.4) is 0 Å². The van der Waals surface area contributed by atoms with Crippen LogP contribution >= 0.6 is 0 Å². The molecule has 0 N–H and O–H groups in total. The molecule has 0 fully saturated rings. The first-order valence-electron chi connectivity index (χ1n) is 12.1. The zero-order chi connectivity index (χ0) is 25.1. The molecule has 0 radical (unpaired) electrons. The van der Waals surface area contributed by atoms with Crippen molar-refractivity contribution in [3.8, 4) is 28.5 Å². The van der Waals surface area contributed by atoms with Crippen LogP contribution in [0, 0.1) is 32.1 Å². The summed E-state index contributed by atoms with van der Waals surface area (Å²) in [5.74, 6) is 0. The molecule has 3 aromatic carbocycles. The molecule has 2 heterocycles. The lowest BCUT2D eigenvalue weighted by molar-refractivity contribution is -0.666. The largest absolute Gasteiger partial charge is 0.454 e. The highest BCUT2D eigenvalue weighted by atomic mass is 28.3. The van der Waals surface area contributed by atoms with Crippen molar-refractivity contribution in [2.45, 2.75) is 40.4 Å². The van der Waals surface area contributed by atoms with Crippen molar-refractivity contribution in [2.24, 2.45) is 7.05 Å². The molecule has 0 aliphatic rings. The molecular formula is C31H31N2OSi+. The van der Waals surface area contributed by atoms with Crippen molar-refractivity contribution in [1.82, 2.24) is 0 Å². The van der Waals surface area contributed by atoms with Crippen LogP contribution < -0.4 is 9.75 Å². The molecule has 0 atom stereocenters. The fourth-order valence-electron chi connectivity index (χ4n) is 5.24. The molecule has 0 saturated carbocycles. The van der Waals surface area contributed by atoms with E-state index in [9.17, 15) is 5.26 Å². The lowest BCUT2D eigenvalue weighted by atomic mass is 9.97. The fraction of sp³-hybridized carbons (Fsp3) is 0.226. The minimum Gasteiger partial charge on any atom is -0.454 e. The maximum Gasteiger partial charge on any atom is 0.216 e. The van der Waals surface area contributed by atoms with Gasteiger partial charge < -0.3 is 4.42 Å². The Bertz CT molecular complexity index is 1670. The predicted molar refractivity (Wildman–Crippen MR) is 148 cm³/mol. The smallest absolute Gasteiger partial charge is 0.216 e. The van der Waals surface area contributed by atoms with E-state index in [2.05, 4.69) is 88.4 Å². The number of fused-ring (bicyclic) bond motifs is 3. The Balaban J connectivity index is 1.92. The lowest BCUT2D eigenvalue weighted by Crippen LogP contribution is -2.46. The van der Waals surface area contributed by atoms with Crippen LogP contribution in [0.4, 0.5) is 0 Å². The van der Waals surface area contributed by atoms with Crippen LogP contribution in [0.1, 0.15) is 22.4 Å². The van der Waals surface area contributed by atoms with Crippen molar-refractivity contribution in [2.75, 3.05) is 0 Å². The van der Waals surface area contributed by atoms with Gasteiger partial charge in [0.25, 0.3) is 0 Å². The number of pyridine rings is 1. The average molecular weight is 476 g/mol. The molecule has 4 heteroatoms. The van der Waals surface area contributed by atoms with Gasteiger partial charge in [-0.15, -0.1) is 0 Å². The van der Waals surface area contributed by atoms with E-state index in [1.54, 1.807) is 0 Å². The highest BCUT2D eigenvalue weighted by molar-refractivity contribution is 6.89. The van der Waals surface area contributed by atoms with E-state index in [4.69, 9.17) is 4.42 Å². The van der Waals surface area contributed by atoms with E-state index in [0.29, 0.717) is 5.56 Å². The van der Waals surface area contributed by atoms with Gasteiger partial charge >= 0.3 is 0 Å². The summed E-state index contributed by atoms with van der Waals surface area (Å²) >= 11 is 0. The fourth-order valence-corrected chi connectivity index (χ4v) is 7.12. The number of nitriles is 1. The predicted octanol–water partition coefficient (Wildman–Crippen LogP) is 7.09. The summed E-state index contributed by atoms with van der Waals surface area (Å²) in [6, 6.07) is 23.1. The maximum absolute atomic E-state index is 9.77. The van der Waals surface area contributed by atoms with E-state index in [0.717, 1.165) is 38.6 Å². The summed E-state index contributed by atoms with van der Waals surface area (Å²) in [4.78, 5) is 0. The Morgan fingerprint density at radius 1 is 0.857 bits per heavy atom. The first kappa shape index (κ1) is 23.1. The molecule has 0 bridgehead atoms. The quantitative estimate of drug-likeness (QED) is 0.206. The molecule has 35 heavy (non-hydrogen) atoms. The Hall–Kier alpha value is -3.68. The molecule has 0 aliphatic heterocycles. The Morgan fingerprint density at radius 2 is 1.57 bits per heavy atom. The van der Waals surface area contributed by atoms with Crippen LogP contribution in [0.2, 0.25) is 19.6 Å². The molecular weight excluding hydrogens is 444 g/mol. The number of rotatable bonds is 3. The number of furan rings is 1. The van der Waals surface area contributed by atoms with Gasteiger partial charge in [-0.3, -0.25) is 0 Å². The van der Waals surface area contributed by atoms with Gasteiger partial charge in [0.15, 0.2) is 5.69 Å². The summed E-state index contributed by atoms with van der Waals surface area (Å²) in [7, 11) is 0.590. The molecule has 5 rings (SSSR count). The van der Waals surface area contributed by atoms with Gasteiger partial charge in [0.1, 0.15) is 18.2 Å². The van der Waals surface area contributed by atoms with Gasteiger partial charge in [-0.05, 0) is 42.3 Å². The summed E-state index contributed by atoms with van der Waals surface area (Å²) in [5, 5.41) is 13.3. The van der Waals surface area contributed by atoms with Gasteiger partial charge in [-0.1, -0.05) is 62.1 Å². The van der Waals surface area contributed by atoms with Crippen LogP contribution in [0.5, 0.6) is 0 Å². The number of hydrogen-bond donors (Lipinski definition) is 0. The Labute approximate surface area is 208 Å². The minimum absolute atomic E-state index is 0.638. The van der Waals surface area contributed by atoms with Crippen molar-refractivity contribution < 1.29 is 8.98 Å². The zero-order valence-corrected chi connectivity index (χ0v) is 22.6.